The molecule has 8 heteroatoms. The van der Waals surface area contributed by atoms with Crippen LogP contribution in [0, 0.1) is 0 Å². The molecule has 2 heterocycles. The molecule has 2 aromatic carbocycles. The first-order valence-corrected chi connectivity index (χ1v) is 9.04. The Bertz CT molecular complexity index is 1200. The third-order valence-electron chi connectivity index (χ3n) is 4.62. The second-order valence-corrected chi connectivity index (χ2v) is 6.40. The summed E-state index contributed by atoms with van der Waals surface area (Å²) < 4.78 is 12.4. The maximum atomic E-state index is 11.1. The fourth-order valence-electron chi connectivity index (χ4n) is 3.06. The van der Waals surface area contributed by atoms with Crippen molar-refractivity contribution in [1.29, 1.82) is 0 Å². The van der Waals surface area contributed by atoms with Gasteiger partial charge in [0.25, 0.3) is 0 Å². The molecule has 0 aliphatic rings. The molecule has 0 atom stereocenters. The van der Waals surface area contributed by atoms with Crippen molar-refractivity contribution >= 4 is 5.97 Å². The molecule has 1 N–H and O–H groups in total. The van der Waals surface area contributed by atoms with Crippen molar-refractivity contribution in [1.82, 2.24) is 20.0 Å². The lowest BCUT2D eigenvalue weighted by atomic mass is 10.0. The van der Waals surface area contributed by atoms with Crippen LogP contribution in [0.15, 0.2) is 67.0 Å². The van der Waals surface area contributed by atoms with Gasteiger partial charge < -0.3 is 14.6 Å². The number of carbonyl (C=O) groups is 1. The summed E-state index contributed by atoms with van der Waals surface area (Å²) in [7, 11) is 3.25. The first kappa shape index (κ1) is 19.1. The Morgan fingerprint density at radius 3 is 2.47 bits per heavy atom. The van der Waals surface area contributed by atoms with Crippen LogP contribution >= 0.6 is 0 Å². The summed E-state index contributed by atoms with van der Waals surface area (Å²) in [5.74, 6) is 0.403. The van der Waals surface area contributed by atoms with Crippen LogP contribution in [0.4, 0.5) is 0 Å². The number of benzene rings is 2. The zero-order chi connectivity index (χ0) is 21.1. The maximum Gasteiger partial charge on any atom is 0.354 e. The molecular weight excluding hydrogens is 384 g/mol. The lowest BCUT2D eigenvalue weighted by Gasteiger charge is -2.11. The summed E-state index contributed by atoms with van der Waals surface area (Å²) in [5, 5.41) is 17.4. The number of carboxylic acid groups (broad SMARTS) is 1. The molecule has 0 fully saturated rings. The molecule has 30 heavy (non-hydrogen) atoms. The highest BCUT2D eigenvalue weighted by atomic mass is 16.5. The van der Waals surface area contributed by atoms with Gasteiger partial charge in [-0.1, -0.05) is 17.3 Å². The van der Waals surface area contributed by atoms with E-state index in [2.05, 4.69) is 15.3 Å². The molecule has 0 bridgehead atoms. The van der Waals surface area contributed by atoms with E-state index in [9.17, 15) is 4.79 Å². The van der Waals surface area contributed by atoms with E-state index < -0.39 is 5.97 Å². The van der Waals surface area contributed by atoms with Crippen LogP contribution in [0.1, 0.15) is 10.5 Å². The monoisotopic (exact) mass is 402 g/mol. The molecule has 0 unspecified atom stereocenters. The summed E-state index contributed by atoms with van der Waals surface area (Å²) in [4.78, 5) is 14.9. The van der Waals surface area contributed by atoms with E-state index in [-0.39, 0.29) is 5.69 Å². The maximum absolute atomic E-state index is 11.1. The van der Waals surface area contributed by atoms with Crippen LogP contribution in [-0.4, -0.2) is 45.3 Å². The van der Waals surface area contributed by atoms with Crippen LogP contribution in [0.25, 0.3) is 28.1 Å². The molecule has 8 nitrogen and oxygen atoms in total. The number of pyridine rings is 1. The molecular formula is C22H18N4O4. The van der Waals surface area contributed by atoms with E-state index in [4.69, 9.17) is 14.6 Å². The molecule has 0 radical (unpaired) electrons. The van der Waals surface area contributed by atoms with Gasteiger partial charge in [-0.25, -0.2) is 14.5 Å². The predicted octanol–water partition coefficient (Wildman–Crippen LogP) is 3.71. The van der Waals surface area contributed by atoms with Crippen molar-refractivity contribution in [3.63, 3.8) is 0 Å². The molecule has 4 aromatic rings. The number of carboxylic acids is 1. The number of hydrogen-bond acceptors (Lipinski definition) is 6. The van der Waals surface area contributed by atoms with E-state index >= 15 is 0 Å². The van der Waals surface area contributed by atoms with Gasteiger partial charge in [-0.15, -0.1) is 5.10 Å². The molecule has 4 rings (SSSR count). The first-order chi connectivity index (χ1) is 14.6. The summed E-state index contributed by atoms with van der Waals surface area (Å²) in [6, 6.07) is 16.6. The lowest BCUT2D eigenvalue weighted by molar-refractivity contribution is 0.0690. The third-order valence-corrected chi connectivity index (χ3v) is 4.62. The van der Waals surface area contributed by atoms with E-state index in [0.717, 1.165) is 28.3 Å². The number of rotatable bonds is 6. The number of methoxy groups -OCH3 is 2. The van der Waals surface area contributed by atoms with Crippen molar-refractivity contribution in [3.8, 4) is 39.6 Å². The molecule has 150 valence electrons. The van der Waals surface area contributed by atoms with Crippen LogP contribution in [0.2, 0.25) is 0 Å². The fourth-order valence-corrected chi connectivity index (χ4v) is 3.06. The van der Waals surface area contributed by atoms with Gasteiger partial charge in [-0.05, 0) is 48.0 Å². The summed E-state index contributed by atoms with van der Waals surface area (Å²) >= 11 is 0. The molecule has 0 spiro atoms. The molecule has 0 saturated heterocycles. The highest BCUT2D eigenvalue weighted by molar-refractivity contribution is 5.86. The molecule has 0 aliphatic heterocycles. The Hall–Kier alpha value is -4.20. The smallest absolute Gasteiger partial charge is 0.354 e. The van der Waals surface area contributed by atoms with Crippen molar-refractivity contribution in [2.24, 2.45) is 0 Å². The van der Waals surface area contributed by atoms with Crippen molar-refractivity contribution in [2.75, 3.05) is 14.2 Å². The van der Waals surface area contributed by atoms with E-state index in [1.807, 2.05) is 42.5 Å². The minimum Gasteiger partial charge on any atom is -0.497 e. The summed E-state index contributed by atoms with van der Waals surface area (Å²) in [6.45, 7) is 0. The molecule has 0 aliphatic carbocycles. The minimum absolute atomic E-state index is 0.0429. The number of ether oxygens (including phenoxy) is 2. The van der Waals surface area contributed by atoms with Crippen molar-refractivity contribution < 1.29 is 19.4 Å². The average molecular weight is 402 g/mol. The van der Waals surface area contributed by atoms with Crippen LogP contribution < -0.4 is 9.47 Å². The van der Waals surface area contributed by atoms with Gasteiger partial charge in [0.2, 0.25) is 0 Å². The number of hydrogen-bond donors (Lipinski definition) is 1. The van der Waals surface area contributed by atoms with Crippen LogP contribution in [0.3, 0.4) is 0 Å². The molecule has 0 saturated carbocycles. The van der Waals surface area contributed by atoms with E-state index in [1.54, 1.807) is 31.2 Å². The highest BCUT2D eigenvalue weighted by Crippen LogP contribution is 2.33. The van der Waals surface area contributed by atoms with Gasteiger partial charge in [0, 0.05) is 17.3 Å². The second-order valence-electron chi connectivity index (χ2n) is 6.40. The lowest BCUT2D eigenvalue weighted by Crippen LogP contribution is -1.99. The van der Waals surface area contributed by atoms with Gasteiger partial charge in [0.05, 0.1) is 26.1 Å². The largest absolute Gasteiger partial charge is 0.497 e. The Balaban J connectivity index is 1.63. The second kappa shape index (κ2) is 8.04. The zero-order valence-corrected chi connectivity index (χ0v) is 16.3. The Morgan fingerprint density at radius 1 is 0.967 bits per heavy atom. The Labute approximate surface area is 172 Å². The standard InChI is InChI=1S/C22H18N4O4/c1-29-17-7-8-21(30-2)18(12-17)14-3-5-16(6-4-14)26-13-20(24-25-26)15-9-10-23-19(11-15)22(27)28/h3-13H,1-2H3,(H,27,28). The zero-order valence-electron chi connectivity index (χ0n) is 16.3. The van der Waals surface area contributed by atoms with Gasteiger partial charge >= 0.3 is 5.97 Å². The molecule has 0 amide bonds. The minimum atomic E-state index is -1.09. The Morgan fingerprint density at radius 2 is 1.77 bits per heavy atom. The van der Waals surface area contributed by atoms with E-state index in [1.165, 1.54) is 12.3 Å². The van der Waals surface area contributed by atoms with Gasteiger partial charge in [0.15, 0.2) is 0 Å². The predicted molar refractivity (Wildman–Crippen MR) is 110 cm³/mol. The third kappa shape index (κ3) is 3.70. The number of nitrogens with zero attached hydrogens (tertiary/aromatic N) is 4. The fraction of sp³-hybridized carbons (Fsp3) is 0.0909. The van der Waals surface area contributed by atoms with E-state index in [0.29, 0.717) is 11.3 Å². The van der Waals surface area contributed by atoms with Crippen LogP contribution in [-0.2, 0) is 0 Å². The van der Waals surface area contributed by atoms with Gasteiger partial charge in [0.1, 0.15) is 22.9 Å². The van der Waals surface area contributed by atoms with Crippen molar-refractivity contribution in [3.05, 3.63) is 72.7 Å². The topological polar surface area (TPSA) is 99.4 Å². The average Bonchev–Trinajstić information content (AvgIpc) is 3.29. The highest BCUT2D eigenvalue weighted by Gasteiger charge is 2.11. The van der Waals surface area contributed by atoms with Gasteiger partial charge in [-0.3, -0.25) is 0 Å². The van der Waals surface area contributed by atoms with Crippen molar-refractivity contribution in [2.45, 2.75) is 0 Å². The van der Waals surface area contributed by atoms with Crippen LogP contribution in [0.5, 0.6) is 11.5 Å². The van der Waals surface area contributed by atoms with Gasteiger partial charge in [-0.2, -0.15) is 0 Å². The SMILES string of the molecule is COc1ccc(OC)c(-c2ccc(-n3cc(-c4ccnc(C(=O)O)c4)nn3)cc2)c1. The molecule has 2 aromatic heterocycles. The first-order valence-electron chi connectivity index (χ1n) is 9.04. The Kier molecular flexibility index (Phi) is 5.13. The number of aromatic nitrogens is 4. The summed E-state index contributed by atoms with van der Waals surface area (Å²) in [5.41, 5.74) is 3.84. The summed E-state index contributed by atoms with van der Waals surface area (Å²) in [6.07, 6.45) is 3.18. The number of aromatic carboxylic acids is 1. The normalized spacial score (nSPS) is 10.6. The quantitative estimate of drug-likeness (QED) is 0.525.